The smallest absolute Gasteiger partial charge is 0.262 e. The summed E-state index contributed by atoms with van der Waals surface area (Å²) in [5, 5.41) is 3.78. The van der Waals surface area contributed by atoms with Crippen molar-refractivity contribution in [3.8, 4) is 11.5 Å². The second kappa shape index (κ2) is 8.79. The molecule has 0 bridgehead atoms. The van der Waals surface area contributed by atoms with Crippen LogP contribution < -0.4 is 19.7 Å². The fourth-order valence-corrected chi connectivity index (χ4v) is 3.21. The number of carbonyl (C=O) groups excluding carboxylic acids is 1. The quantitative estimate of drug-likeness (QED) is 0.694. The fraction of sp³-hybridized carbons (Fsp3) is 0.273. The van der Waals surface area contributed by atoms with Gasteiger partial charge >= 0.3 is 0 Å². The Bertz CT molecular complexity index is 985. The van der Waals surface area contributed by atoms with Gasteiger partial charge in [0.15, 0.2) is 6.61 Å². The largest absolute Gasteiger partial charge is 0.497 e. The van der Waals surface area contributed by atoms with Crippen LogP contribution in [-0.2, 0) is 9.53 Å². The molecule has 150 valence electrons. The molecule has 0 spiro atoms. The first-order chi connectivity index (χ1) is 14.2. The Hall–Kier alpha value is -3.32. The molecule has 0 unspecified atom stereocenters. The summed E-state index contributed by atoms with van der Waals surface area (Å²) in [6.45, 7) is 2.92. The van der Waals surface area contributed by atoms with Crippen molar-refractivity contribution in [2.45, 2.75) is 0 Å². The van der Waals surface area contributed by atoms with E-state index in [1.807, 2.05) is 30.3 Å². The average Bonchev–Trinajstić information content (AvgIpc) is 2.78. The van der Waals surface area contributed by atoms with Crippen LogP contribution in [0.5, 0.6) is 11.5 Å². The summed E-state index contributed by atoms with van der Waals surface area (Å²) in [7, 11) is 1.60. The number of aromatic nitrogens is 1. The van der Waals surface area contributed by atoms with E-state index in [0.717, 1.165) is 35.6 Å². The number of para-hydroxylation sites is 1. The number of amides is 1. The Labute approximate surface area is 169 Å². The monoisotopic (exact) mass is 393 g/mol. The van der Waals surface area contributed by atoms with E-state index in [0.29, 0.717) is 24.7 Å². The predicted octanol–water partition coefficient (Wildman–Crippen LogP) is 3.10. The molecular weight excluding hydrogens is 370 g/mol. The van der Waals surface area contributed by atoms with Crippen LogP contribution in [0.3, 0.4) is 0 Å². The van der Waals surface area contributed by atoms with Crippen LogP contribution in [0.2, 0.25) is 0 Å². The number of fused-ring (bicyclic) bond motifs is 1. The van der Waals surface area contributed by atoms with Gasteiger partial charge in [-0.05, 0) is 42.5 Å². The first-order valence-corrected chi connectivity index (χ1v) is 9.52. The van der Waals surface area contributed by atoms with Crippen molar-refractivity contribution in [1.82, 2.24) is 4.98 Å². The number of nitrogens with one attached hydrogen (secondary N) is 1. The van der Waals surface area contributed by atoms with Gasteiger partial charge in [0, 0.05) is 24.2 Å². The minimum atomic E-state index is -0.239. The molecule has 0 saturated carbocycles. The lowest BCUT2D eigenvalue weighted by molar-refractivity contribution is -0.118. The average molecular weight is 393 g/mol. The van der Waals surface area contributed by atoms with Crippen LogP contribution in [0.4, 0.5) is 11.5 Å². The van der Waals surface area contributed by atoms with E-state index in [4.69, 9.17) is 19.2 Å². The molecule has 1 fully saturated rings. The molecule has 1 aromatic heterocycles. The highest BCUT2D eigenvalue weighted by atomic mass is 16.5. The third-order valence-electron chi connectivity index (χ3n) is 4.74. The first-order valence-electron chi connectivity index (χ1n) is 9.52. The van der Waals surface area contributed by atoms with E-state index in [2.05, 4.69) is 10.2 Å². The van der Waals surface area contributed by atoms with Gasteiger partial charge < -0.3 is 24.4 Å². The van der Waals surface area contributed by atoms with Gasteiger partial charge in [0.25, 0.3) is 5.91 Å². The molecule has 1 aliphatic rings. The van der Waals surface area contributed by atoms with Crippen LogP contribution in [0.25, 0.3) is 10.9 Å². The number of ether oxygens (including phenoxy) is 3. The number of morpholine rings is 1. The molecule has 1 saturated heterocycles. The Morgan fingerprint density at radius 2 is 1.90 bits per heavy atom. The number of carbonyl (C=O) groups is 1. The van der Waals surface area contributed by atoms with E-state index >= 15 is 0 Å². The van der Waals surface area contributed by atoms with E-state index in [9.17, 15) is 4.79 Å². The molecular formula is C22H23N3O4. The van der Waals surface area contributed by atoms with Crippen LogP contribution in [0.1, 0.15) is 0 Å². The molecule has 0 atom stereocenters. The number of rotatable bonds is 6. The van der Waals surface area contributed by atoms with Gasteiger partial charge in [0.2, 0.25) is 0 Å². The number of pyridine rings is 1. The van der Waals surface area contributed by atoms with Gasteiger partial charge in [0.1, 0.15) is 22.8 Å². The van der Waals surface area contributed by atoms with Gasteiger partial charge in [-0.3, -0.25) is 4.79 Å². The first kappa shape index (κ1) is 19.0. The summed E-state index contributed by atoms with van der Waals surface area (Å²) in [6.07, 6.45) is 0. The summed E-state index contributed by atoms with van der Waals surface area (Å²) in [5.74, 6) is 1.97. The van der Waals surface area contributed by atoms with Gasteiger partial charge in [-0.25, -0.2) is 4.98 Å². The zero-order chi connectivity index (χ0) is 20.1. The van der Waals surface area contributed by atoms with Gasteiger partial charge in [-0.1, -0.05) is 12.1 Å². The zero-order valence-corrected chi connectivity index (χ0v) is 16.3. The lowest BCUT2D eigenvalue weighted by atomic mass is 10.2. The highest BCUT2D eigenvalue weighted by Gasteiger charge is 2.14. The van der Waals surface area contributed by atoms with Crippen molar-refractivity contribution in [3.63, 3.8) is 0 Å². The van der Waals surface area contributed by atoms with E-state index < -0.39 is 0 Å². The third-order valence-corrected chi connectivity index (χ3v) is 4.74. The molecule has 7 heteroatoms. The van der Waals surface area contributed by atoms with Crippen molar-refractivity contribution < 1.29 is 19.0 Å². The molecule has 7 nitrogen and oxygen atoms in total. The van der Waals surface area contributed by atoms with Crippen LogP contribution in [0, 0.1) is 0 Å². The normalized spacial score (nSPS) is 13.9. The van der Waals surface area contributed by atoms with Gasteiger partial charge in [-0.2, -0.15) is 0 Å². The maximum absolute atomic E-state index is 12.3. The van der Waals surface area contributed by atoms with Crippen molar-refractivity contribution in [2.75, 3.05) is 50.2 Å². The lowest BCUT2D eigenvalue weighted by Gasteiger charge is -2.28. The lowest BCUT2D eigenvalue weighted by Crippen LogP contribution is -2.36. The second-order valence-electron chi connectivity index (χ2n) is 6.66. The molecule has 0 radical (unpaired) electrons. The zero-order valence-electron chi connectivity index (χ0n) is 16.3. The number of hydrogen-bond donors (Lipinski definition) is 1. The fourth-order valence-electron chi connectivity index (χ4n) is 3.21. The van der Waals surface area contributed by atoms with E-state index in [1.165, 1.54) is 0 Å². The SMILES string of the molecule is COc1ccc(NC(=O)COc2cccc3ccc(N4CCOCC4)nc23)cc1. The molecule has 1 aliphatic heterocycles. The number of nitrogens with zero attached hydrogens (tertiary/aromatic N) is 2. The van der Waals surface area contributed by atoms with Gasteiger partial charge in [-0.15, -0.1) is 0 Å². The van der Waals surface area contributed by atoms with Crippen LogP contribution in [0.15, 0.2) is 54.6 Å². The van der Waals surface area contributed by atoms with Crippen LogP contribution in [-0.4, -0.2) is 50.9 Å². The minimum Gasteiger partial charge on any atom is -0.497 e. The molecule has 0 aliphatic carbocycles. The number of hydrogen-bond acceptors (Lipinski definition) is 6. The minimum absolute atomic E-state index is 0.103. The predicted molar refractivity (Wildman–Crippen MR) is 112 cm³/mol. The Kier molecular flexibility index (Phi) is 5.76. The summed E-state index contributed by atoms with van der Waals surface area (Å²) in [5.41, 5.74) is 1.43. The van der Waals surface area contributed by atoms with Crippen molar-refractivity contribution in [2.24, 2.45) is 0 Å². The highest BCUT2D eigenvalue weighted by molar-refractivity contribution is 5.92. The molecule has 1 N–H and O–H groups in total. The number of benzene rings is 2. The number of methoxy groups -OCH3 is 1. The summed E-state index contributed by atoms with van der Waals surface area (Å²) < 4.78 is 16.3. The second-order valence-corrected chi connectivity index (χ2v) is 6.66. The molecule has 1 amide bonds. The van der Waals surface area contributed by atoms with Gasteiger partial charge in [0.05, 0.1) is 20.3 Å². The summed E-state index contributed by atoms with van der Waals surface area (Å²) in [6, 6.07) is 16.9. The molecule has 2 aromatic carbocycles. The van der Waals surface area contributed by atoms with Crippen LogP contribution >= 0.6 is 0 Å². The topological polar surface area (TPSA) is 72.9 Å². The summed E-state index contributed by atoms with van der Waals surface area (Å²) >= 11 is 0. The Morgan fingerprint density at radius 1 is 1.10 bits per heavy atom. The summed E-state index contributed by atoms with van der Waals surface area (Å²) in [4.78, 5) is 19.3. The van der Waals surface area contributed by atoms with E-state index in [-0.39, 0.29) is 12.5 Å². The van der Waals surface area contributed by atoms with E-state index in [1.54, 1.807) is 31.4 Å². The maximum Gasteiger partial charge on any atom is 0.262 e. The standard InChI is InChI=1S/C22H23N3O4/c1-27-18-8-6-17(7-9-18)23-21(26)15-29-19-4-2-3-16-5-10-20(24-22(16)19)25-11-13-28-14-12-25/h2-10H,11-15H2,1H3,(H,23,26). The maximum atomic E-state index is 12.3. The third kappa shape index (κ3) is 4.57. The molecule has 3 aromatic rings. The Morgan fingerprint density at radius 3 is 2.66 bits per heavy atom. The molecule has 29 heavy (non-hydrogen) atoms. The van der Waals surface area contributed by atoms with Crippen molar-refractivity contribution in [1.29, 1.82) is 0 Å². The van der Waals surface area contributed by atoms with Crippen molar-refractivity contribution >= 4 is 28.3 Å². The van der Waals surface area contributed by atoms with Crippen molar-refractivity contribution in [3.05, 3.63) is 54.6 Å². The molecule has 4 rings (SSSR count). The Balaban J connectivity index is 1.45. The highest BCUT2D eigenvalue weighted by Crippen LogP contribution is 2.27. The molecule has 2 heterocycles. The number of anilines is 2.